The molecule has 1 aliphatic carbocycles. The lowest BCUT2D eigenvalue weighted by molar-refractivity contribution is 0.0361. The molecule has 0 spiro atoms. The maximum absolute atomic E-state index is 5.78. The van der Waals surface area contributed by atoms with Crippen LogP contribution in [0.2, 0.25) is 0 Å². The molecule has 0 amide bonds. The summed E-state index contributed by atoms with van der Waals surface area (Å²) in [6.07, 6.45) is 4.04. The highest BCUT2D eigenvalue weighted by Gasteiger charge is 2.25. The van der Waals surface area contributed by atoms with E-state index >= 15 is 0 Å². The highest BCUT2D eigenvalue weighted by atomic mass is 16.5. The van der Waals surface area contributed by atoms with Gasteiger partial charge in [-0.15, -0.1) is 0 Å². The molecule has 120 valence electrons. The summed E-state index contributed by atoms with van der Waals surface area (Å²) in [6.45, 7) is 6.64. The molecule has 23 heavy (non-hydrogen) atoms. The first-order valence-corrected chi connectivity index (χ1v) is 7.89. The van der Waals surface area contributed by atoms with Gasteiger partial charge in [-0.05, 0) is 45.6 Å². The van der Waals surface area contributed by atoms with E-state index in [1.807, 2.05) is 26.8 Å². The largest absolute Gasteiger partial charge is 0.368 e. The molecular formula is C16H19N5O2. The average Bonchev–Trinajstić information content (AvgIpc) is 3.04. The molecule has 0 aliphatic heterocycles. The molecule has 0 radical (unpaired) electrons. The molecule has 7 heteroatoms. The molecule has 0 N–H and O–H groups in total. The molecule has 3 aromatic heterocycles. The van der Waals surface area contributed by atoms with E-state index in [9.17, 15) is 0 Å². The van der Waals surface area contributed by atoms with Crippen LogP contribution >= 0.6 is 0 Å². The number of hydrogen-bond acceptors (Lipinski definition) is 6. The number of aryl methyl sites for hydroxylation is 2. The van der Waals surface area contributed by atoms with E-state index in [-0.39, 0.29) is 6.10 Å². The average molecular weight is 313 g/mol. The zero-order chi connectivity index (χ0) is 16.0. The molecule has 1 fully saturated rings. The summed E-state index contributed by atoms with van der Waals surface area (Å²) in [7, 11) is 0. The van der Waals surface area contributed by atoms with Crippen LogP contribution in [-0.2, 0) is 4.74 Å². The van der Waals surface area contributed by atoms with Gasteiger partial charge in [-0.25, -0.2) is 9.50 Å². The van der Waals surface area contributed by atoms with Crippen LogP contribution in [0.25, 0.3) is 17.0 Å². The molecule has 1 unspecified atom stereocenters. The van der Waals surface area contributed by atoms with Crippen LogP contribution in [-0.4, -0.2) is 31.3 Å². The lowest BCUT2D eigenvalue weighted by Gasteiger charge is -2.07. The highest BCUT2D eigenvalue weighted by molar-refractivity contribution is 5.72. The van der Waals surface area contributed by atoms with Crippen LogP contribution in [0.15, 0.2) is 16.8 Å². The number of hydrogen-bond donors (Lipinski definition) is 0. The van der Waals surface area contributed by atoms with Gasteiger partial charge >= 0.3 is 0 Å². The van der Waals surface area contributed by atoms with Crippen LogP contribution in [0.5, 0.6) is 0 Å². The van der Waals surface area contributed by atoms with Crippen LogP contribution < -0.4 is 0 Å². The Morgan fingerprint density at radius 3 is 2.96 bits per heavy atom. The Balaban J connectivity index is 1.63. The predicted molar refractivity (Wildman–Crippen MR) is 82.8 cm³/mol. The van der Waals surface area contributed by atoms with E-state index in [1.54, 1.807) is 10.7 Å². The predicted octanol–water partition coefficient (Wildman–Crippen LogP) is 2.88. The molecule has 7 nitrogen and oxygen atoms in total. The molecular weight excluding hydrogens is 294 g/mol. The minimum Gasteiger partial charge on any atom is -0.368 e. The van der Waals surface area contributed by atoms with Crippen molar-refractivity contribution >= 4 is 5.65 Å². The Bertz CT molecular complexity index is 849. The molecule has 4 rings (SSSR count). The minimum atomic E-state index is -0.199. The number of rotatable bonds is 5. The Hall–Kier alpha value is -2.28. The van der Waals surface area contributed by atoms with Gasteiger partial charge in [-0.3, -0.25) is 0 Å². The number of ether oxygens (including phenoxy) is 1. The van der Waals surface area contributed by atoms with Crippen molar-refractivity contribution in [2.45, 2.75) is 39.7 Å². The maximum Gasteiger partial charge on any atom is 0.255 e. The third-order valence-electron chi connectivity index (χ3n) is 4.09. The summed E-state index contributed by atoms with van der Waals surface area (Å²) < 4.78 is 12.9. The van der Waals surface area contributed by atoms with Gasteiger partial charge in [-0.2, -0.15) is 10.1 Å². The maximum atomic E-state index is 5.78. The van der Waals surface area contributed by atoms with Crippen molar-refractivity contribution < 1.29 is 9.26 Å². The van der Waals surface area contributed by atoms with Gasteiger partial charge in [0.1, 0.15) is 6.10 Å². The molecule has 0 aromatic carbocycles. The quantitative estimate of drug-likeness (QED) is 0.720. The molecule has 3 aromatic rings. The fourth-order valence-electron chi connectivity index (χ4n) is 2.57. The van der Waals surface area contributed by atoms with Gasteiger partial charge < -0.3 is 9.26 Å². The van der Waals surface area contributed by atoms with Crippen LogP contribution in [0.3, 0.4) is 0 Å². The van der Waals surface area contributed by atoms with Crippen molar-refractivity contribution in [1.29, 1.82) is 0 Å². The lowest BCUT2D eigenvalue weighted by Crippen LogP contribution is -2.03. The van der Waals surface area contributed by atoms with Gasteiger partial charge in [0.15, 0.2) is 5.65 Å². The van der Waals surface area contributed by atoms with Crippen LogP contribution in [0.1, 0.15) is 43.1 Å². The van der Waals surface area contributed by atoms with Crippen molar-refractivity contribution in [3.8, 4) is 11.4 Å². The van der Waals surface area contributed by atoms with E-state index in [2.05, 4.69) is 20.2 Å². The van der Waals surface area contributed by atoms with Gasteiger partial charge in [0.25, 0.3) is 5.89 Å². The minimum absolute atomic E-state index is 0.199. The second-order valence-electron chi connectivity index (χ2n) is 6.21. The Kier molecular flexibility index (Phi) is 3.37. The second-order valence-corrected chi connectivity index (χ2v) is 6.21. The monoisotopic (exact) mass is 313 g/mol. The summed E-state index contributed by atoms with van der Waals surface area (Å²) >= 11 is 0. The third kappa shape index (κ3) is 2.72. The molecule has 1 saturated carbocycles. The first-order valence-electron chi connectivity index (χ1n) is 7.89. The van der Waals surface area contributed by atoms with E-state index in [0.717, 1.165) is 29.2 Å². The SMILES string of the molecule is Cc1cc(C)n2ncc(-c3noc(C(C)OCC4CC4)n3)c2n1. The summed E-state index contributed by atoms with van der Waals surface area (Å²) in [5.74, 6) is 1.69. The van der Waals surface area contributed by atoms with E-state index in [1.165, 1.54) is 12.8 Å². The highest BCUT2D eigenvalue weighted by Crippen LogP contribution is 2.31. The number of fused-ring (bicyclic) bond motifs is 1. The van der Waals surface area contributed by atoms with Crippen LogP contribution in [0, 0.1) is 19.8 Å². The van der Waals surface area contributed by atoms with Crippen molar-refractivity contribution in [3.63, 3.8) is 0 Å². The topological polar surface area (TPSA) is 78.3 Å². The molecule has 1 atom stereocenters. The first kappa shape index (κ1) is 14.3. The Labute approximate surface area is 133 Å². The van der Waals surface area contributed by atoms with Gasteiger partial charge in [0.05, 0.1) is 18.4 Å². The van der Waals surface area contributed by atoms with Crippen molar-refractivity contribution in [2.75, 3.05) is 6.61 Å². The van der Waals surface area contributed by atoms with E-state index < -0.39 is 0 Å². The van der Waals surface area contributed by atoms with E-state index in [4.69, 9.17) is 9.26 Å². The van der Waals surface area contributed by atoms with Crippen molar-refractivity contribution in [1.82, 2.24) is 24.7 Å². The number of nitrogens with zero attached hydrogens (tertiary/aromatic N) is 5. The second kappa shape index (κ2) is 5.42. The lowest BCUT2D eigenvalue weighted by atomic mass is 10.3. The van der Waals surface area contributed by atoms with Crippen LogP contribution in [0.4, 0.5) is 0 Å². The smallest absolute Gasteiger partial charge is 0.255 e. The van der Waals surface area contributed by atoms with Gasteiger partial charge in [0, 0.05) is 11.4 Å². The van der Waals surface area contributed by atoms with Crippen molar-refractivity contribution in [2.24, 2.45) is 5.92 Å². The van der Waals surface area contributed by atoms with Gasteiger partial charge in [0.2, 0.25) is 5.82 Å². The Morgan fingerprint density at radius 2 is 2.17 bits per heavy atom. The zero-order valence-electron chi connectivity index (χ0n) is 13.5. The summed E-state index contributed by atoms with van der Waals surface area (Å²) in [6, 6.07) is 1.99. The number of aromatic nitrogens is 5. The molecule has 0 saturated heterocycles. The fraction of sp³-hybridized carbons (Fsp3) is 0.500. The fourth-order valence-corrected chi connectivity index (χ4v) is 2.57. The Morgan fingerprint density at radius 1 is 1.35 bits per heavy atom. The van der Waals surface area contributed by atoms with E-state index in [0.29, 0.717) is 17.6 Å². The normalized spacial score (nSPS) is 16.1. The zero-order valence-corrected chi connectivity index (χ0v) is 13.5. The summed E-state index contributed by atoms with van der Waals surface area (Å²) in [4.78, 5) is 9.01. The molecule has 1 aliphatic rings. The van der Waals surface area contributed by atoms with Crippen molar-refractivity contribution in [3.05, 3.63) is 29.5 Å². The standard InChI is InChI=1S/C16H19N5O2/c1-9-6-10(2)21-15(18-9)13(7-17-21)14-19-16(23-20-14)11(3)22-8-12-4-5-12/h6-7,11-12H,4-5,8H2,1-3H3. The van der Waals surface area contributed by atoms with Gasteiger partial charge in [-0.1, -0.05) is 5.16 Å². The molecule has 3 heterocycles. The first-order chi connectivity index (χ1) is 11.1. The molecule has 0 bridgehead atoms. The summed E-state index contributed by atoms with van der Waals surface area (Å²) in [5.41, 5.74) is 3.45. The third-order valence-corrected chi connectivity index (χ3v) is 4.09. The summed E-state index contributed by atoms with van der Waals surface area (Å²) in [5, 5.41) is 8.43.